The average Bonchev–Trinajstić information content (AvgIpc) is 2.83. The summed E-state index contributed by atoms with van der Waals surface area (Å²) in [6, 6.07) is 1.27. The minimum Gasteiger partial charge on any atom is -0.380 e. The van der Waals surface area contributed by atoms with Gasteiger partial charge in [0.25, 0.3) is 0 Å². The van der Waals surface area contributed by atoms with Gasteiger partial charge in [-0.05, 0) is 26.2 Å². The van der Waals surface area contributed by atoms with Crippen LogP contribution in [0, 0.1) is 0 Å². The van der Waals surface area contributed by atoms with Crippen LogP contribution in [0.25, 0.3) is 0 Å². The zero-order valence-corrected chi connectivity index (χ0v) is 11.0. The quantitative estimate of drug-likeness (QED) is 0.791. The molecule has 3 heteroatoms. The molecule has 2 aliphatic rings. The van der Waals surface area contributed by atoms with Gasteiger partial charge in [-0.3, -0.25) is 4.90 Å². The van der Waals surface area contributed by atoms with Crippen molar-refractivity contribution in [3.8, 4) is 0 Å². The van der Waals surface area contributed by atoms with Crippen molar-refractivity contribution >= 4 is 0 Å². The average molecular weight is 226 g/mol. The van der Waals surface area contributed by atoms with Crippen LogP contribution >= 0.6 is 0 Å². The van der Waals surface area contributed by atoms with Crippen molar-refractivity contribution in [2.45, 2.75) is 57.7 Å². The number of ether oxygens (including phenoxy) is 1. The molecule has 2 fully saturated rings. The molecule has 2 rings (SSSR count). The van der Waals surface area contributed by atoms with Gasteiger partial charge < -0.3 is 10.1 Å². The highest BCUT2D eigenvalue weighted by Gasteiger charge is 2.42. The van der Waals surface area contributed by atoms with E-state index in [1.165, 1.54) is 25.8 Å². The number of nitrogens with zero attached hydrogens (tertiary/aromatic N) is 1. The molecule has 0 aromatic rings. The van der Waals surface area contributed by atoms with E-state index >= 15 is 0 Å². The number of hydrogen-bond donors (Lipinski definition) is 1. The molecule has 2 saturated heterocycles. The van der Waals surface area contributed by atoms with Crippen molar-refractivity contribution in [2.75, 3.05) is 26.3 Å². The number of hydrogen-bond acceptors (Lipinski definition) is 3. The van der Waals surface area contributed by atoms with Crippen LogP contribution in [0.5, 0.6) is 0 Å². The molecule has 2 heterocycles. The van der Waals surface area contributed by atoms with Crippen LogP contribution < -0.4 is 5.32 Å². The highest BCUT2D eigenvalue weighted by atomic mass is 16.5. The highest BCUT2D eigenvalue weighted by molar-refractivity contribution is 4.99. The predicted octanol–water partition coefficient (Wildman–Crippen LogP) is 1.63. The van der Waals surface area contributed by atoms with Gasteiger partial charge in [-0.25, -0.2) is 0 Å². The Kier molecular flexibility index (Phi) is 3.88. The van der Waals surface area contributed by atoms with Crippen molar-refractivity contribution in [1.29, 1.82) is 0 Å². The van der Waals surface area contributed by atoms with Gasteiger partial charge >= 0.3 is 0 Å². The first-order valence-electron chi connectivity index (χ1n) is 6.79. The van der Waals surface area contributed by atoms with E-state index in [1.54, 1.807) is 0 Å². The monoisotopic (exact) mass is 226 g/mol. The van der Waals surface area contributed by atoms with Crippen LogP contribution in [0.15, 0.2) is 0 Å². The van der Waals surface area contributed by atoms with Gasteiger partial charge in [0.05, 0.1) is 6.61 Å². The molecule has 2 unspecified atom stereocenters. The summed E-state index contributed by atoms with van der Waals surface area (Å²) in [7, 11) is 0. The van der Waals surface area contributed by atoms with E-state index in [9.17, 15) is 0 Å². The summed E-state index contributed by atoms with van der Waals surface area (Å²) in [4.78, 5) is 2.74. The molecular formula is C13H26N2O. The lowest BCUT2D eigenvalue weighted by Gasteiger charge is -2.51. The van der Waals surface area contributed by atoms with Crippen molar-refractivity contribution in [1.82, 2.24) is 10.2 Å². The number of rotatable bonds is 3. The van der Waals surface area contributed by atoms with Crippen LogP contribution in [-0.2, 0) is 4.74 Å². The van der Waals surface area contributed by atoms with Crippen molar-refractivity contribution < 1.29 is 4.74 Å². The van der Waals surface area contributed by atoms with Crippen LogP contribution in [0.4, 0.5) is 0 Å². The Bertz CT molecular complexity index is 222. The standard InChI is InChI=1S/C13H26N2O/c1-4-13(5-2)10-14-11(3)8-15(13)12-6-7-16-9-12/h11-12,14H,4-10H2,1-3H3. The highest BCUT2D eigenvalue weighted by Crippen LogP contribution is 2.31. The minimum atomic E-state index is 0.366. The summed E-state index contributed by atoms with van der Waals surface area (Å²) in [6.45, 7) is 11.1. The van der Waals surface area contributed by atoms with Crippen LogP contribution in [0.1, 0.15) is 40.0 Å². The minimum absolute atomic E-state index is 0.366. The summed E-state index contributed by atoms with van der Waals surface area (Å²) in [5.41, 5.74) is 0.366. The van der Waals surface area contributed by atoms with Crippen LogP contribution in [0.3, 0.4) is 0 Å². The molecule has 0 aromatic carbocycles. The van der Waals surface area contributed by atoms with E-state index in [2.05, 4.69) is 31.0 Å². The Morgan fingerprint density at radius 3 is 2.69 bits per heavy atom. The van der Waals surface area contributed by atoms with Crippen molar-refractivity contribution in [3.63, 3.8) is 0 Å². The molecule has 94 valence electrons. The Morgan fingerprint density at radius 1 is 1.38 bits per heavy atom. The smallest absolute Gasteiger partial charge is 0.0622 e. The van der Waals surface area contributed by atoms with Crippen molar-refractivity contribution in [2.24, 2.45) is 0 Å². The predicted molar refractivity (Wildman–Crippen MR) is 66.7 cm³/mol. The largest absolute Gasteiger partial charge is 0.380 e. The summed E-state index contributed by atoms with van der Waals surface area (Å²) < 4.78 is 5.57. The Balaban J connectivity index is 2.13. The third-order valence-corrected chi connectivity index (χ3v) is 4.52. The van der Waals surface area contributed by atoms with Gasteiger partial charge in [0.15, 0.2) is 0 Å². The molecule has 2 atom stereocenters. The lowest BCUT2D eigenvalue weighted by atomic mass is 9.85. The fourth-order valence-corrected chi connectivity index (χ4v) is 3.23. The van der Waals surface area contributed by atoms with E-state index in [4.69, 9.17) is 4.74 Å². The third kappa shape index (κ3) is 2.13. The zero-order valence-electron chi connectivity index (χ0n) is 11.0. The van der Waals surface area contributed by atoms with Gasteiger partial charge in [0.1, 0.15) is 0 Å². The Labute approximate surface area is 99.5 Å². The molecule has 0 saturated carbocycles. The van der Waals surface area contributed by atoms with Crippen LogP contribution in [-0.4, -0.2) is 48.8 Å². The van der Waals surface area contributed by atoms with Crippen LogP contribution in [0.2, 0.25) is 0 Å². The Morgan fingerprint density at radius 2 is 2.12 bits per heavy atom. The zero-order chi connectivity index (χ0) is 11.6. The second-order valence-corrected chi connectivity index (χ2v) is 5.38. The summed E-state index contributed by atoms with van der Waals surface area (Å²) >= 11 is 0. The topological polar surface area (TPSA) is 24.5 Å². The molecule has 3 nitrogen and oxygen atoms in total. The van der Waals surface area contributed by atoms with Gasteiger partial charge in [0, 0.05) is 37.3 Å². The molecule has 0 spiro atoms. The summed E-state index contributed by atoms with van der Waals surface area (Å²) in [5, 5.41) is 3.65. The number of nitrogens with one attached hydrogen (secondary N) is 1. The molecule has 0 radical (unpaired) electrons. The maximum atomic E-state index is 5.57. The fraction of sp³-hybridized carbons (Fsp3) is 1.00. The van der Waals surface area contributed by atoms with Crippen molar-refractivity contribution in [3.05, 3.63) is 0 Å². The van der Waals surface area contributed by atoms with E-state index in [1.807, 2.05) is 0 Å². The number of piperazine rings is 1. The van der Waals surface area contributed by atoms with E-state index in [0.717, 1.165) is 19.8 Å². The molecule has 2 aliphatic heterocycles. The first-order valence-corrected chi connectivity index (χ1v) is 6.79. The second kappa shape index (κ2) is 5.03. The first-order chi connectivity index (χ1) is 7.72. The molecule has 0 amide bonds. The normalized spacial score (nSPS) is 35.4. The summed E-state index contributed by atoms with van der Waals surface area (Å²) in [6.07, 6.45) is 3.69. The van der Waals surface area contributed by atoms with Gasteiger partial charge in [-0.2, -0.15) is 0 Å². The lowest BCUT2D eigenvalue weighted by molar-refractivity contribution is -0.00520. The van der Waals surface area contributed by atoms with E-state index in [-0.39, 0.29) is 0 Å². The molecule has 0 bridgehead atoms. The van der Waals surface area contributed by atoms with E-state index < -0.39 is 0 Å². The third-order valence-electron chi connectivity index (χ3n) is 4.52. The first kappa shape index (κ1) is 12.3. The van der Waals surface area contributed by atoms with Gasteiger partial charge in [-0.1, -0.05) is 13.8 Å². The maximum absolute atomic E-state index is 5.57. The van der Waals surface area contributed by atoms with Gasteiger partial charge in [0.2, 0.25) is 0 Å². The molecule has 1 N–H and O–H groups in total. The maximum Gasteiger partial charge on any atom is 0.0622 e. The lowest BCUT2D eigenvalue weighted by Crippen LogP contribution is -2.66. The molecule has 16 heavy (non-hydrogen) atoms. The molecule has 0 aliphatic carbocycles. The molecule has 0 aromatic heterocycles. The fourth-order valence-electron chi connectivity index (χ4n) is 3.23. The SMILES string of the molecule is CCC1(CC)CNC(C)CN1C1CCOC1. The Hall–Kier alpha value is -0.120. The summed E-state index contributed by atoms with van der Waals surface area (Å²) in [5.74, 6) is 0. The van der Waals surface area contributed by atoms with E-state index in [0.29, 0.717) is 17.6 Å². The van der Waals surface area contributed by atoms with Gasteiger partial charge in [-0.15, -0.1) is 0 Å². The molecular weight excluding hydrogens is 200 g/mol. The second-order valence-electron chi connectivity index (χ2n) is 5.38.